The topological polar surface area (TPSA) is 311 Å². The number of carbonyl (C=O) groups excluding carboxylic acids is 5. The lowest BCUT2D eigenvalue weighted by Gasteiger charge is -2.26. The summed E-state index contributed by atoms with van der Waals surface area (Å²) in [5.74, 6) is -5.66. The molecule has 0 bridgehead atoms. The van der Waals surface area contributed by atoms with Crippen LogP contribution in [-0.4, -0.2) is 89.9 Å². The number of carboxylic acid groups (broad SMARTS) is 1. The third kappa shape index (κ3) is 15.5. The maximum Gasteiger partial charge on any atom is 0.325 e. The molecular weight excluding hydrogens is 588 g/mol. The minimum atomic E-state index is -1.46. The largest absolute Gasteiger partial charge is 0.480 e. The van der Waals surface area contributed by atoms with Gasteiger partial charge < -0.3 is 54.6 Å². The average molecular weight is 635 g/mol. The molecule has 0 spiro atoms. The number of primary amides is 1. The Bertz CT molecular complexity index is 1170. The van der Waals surface area contributed by atoms with Gasteiger partial charge in [-0.1, -0.05) is 36.8 Å². The van der Waals surface area contributed by atoms with E-state index in [0.29, 0.717) is 24.9 Å². The third-order valence-electron chi connectivity index (χ3n) is 6.61. The number of benzene rings is 1. The number of guanidine groups is 1. The van der Waals surface area contributed by atoms with Crippen LogP contribution in [0.2, 0.25) is 0 Å². The molecule has 5 amide bonds. The summed E-state index contributed by atoms with van der Waals surface area (Å²) in [4.78, 5) is 75.6. The number of carboxylic acids is 1. The van der Waals surface area contributed by atoms with Crippen molar-refractivity contribution in [3.05, 3.63) is 35.9 Å². The van der Waals surface area contributed by atoms with Crippen molar-refractivity contribution in [2.45, 2.75) is 82.1 Å². The Hall–Kier alpha value is -4.77. The van der Waals surface area contributed by atoms with Crippen LogP contribution in [0.4, 0.5) is 0 Å². The Morgan fingerprint density at radius 3 is 1.96 bits per heavy atom. The molecule has 0 fully saturated rings. The number of unbranched alkanes of at least 4 members (excludes halogenated alkanes) is 1. The molecule has 0 saturated heterocycles. The van der Waals surface area contributed by atoms with Crippen LogP contribution in [0.15, 0.2) is 30.3 Å². The molecule has 1 aromatic carbocycles. The molecule has 45 heavy (non-hydrogen) atoms. The zero-order valence-corrected chi connectivity index (χ0v) is 25.3. The van der Waals surface area contributed by atoms with Crippen LogP contribution in [-0.2, 0) is 35.2 Å². The second-order valence-electron chi connectivity index (χ2n) is 10.5. The molecule has 0 saturated carbocycles. The van der Waals surface area contributed by atoms with E-state index in [1.54, 1.807) is 30.3 Å². The van der Waals surface area contributed by atoms with E-state index in [2.05, 4.69) is 26.6 Å². The number of nitrogens with two attached hydrogens (primary N) is 4. The fourth-order valence-corrected chi connectivity index (χ4v) is 4.11. The van der Waals surface area contributed by atoms with Gasteiger partial charge in [-0.2, -0.15) is 0 Å². The van der Waals surface area contributed by atoms with Crippen LogP contribution in [0.25, 0.3) is 0 Å². The molecule has 5 atom stereocenters. The highest BCUT2D eigenvalue weighted by molar-refractivity contribution is 5.97. The summed E-state index contributed by atoms with van der Waals surface area (Å²) >= 11 is 0. The van der Waals surface area contributed by atoms with Crippen molar-refractivity contribution in [3.63, 3.8) is 0 Å². The van der Waals surface area contributed by atoms with Gasteiger partial charge in [0, 0.05) is 13.0 Å². The minimum Gasteiger partial charge on any atom is -0.480 e. The first-order valence-electron chi connectivity index (χ1n) is 14.5. The highest BCUT2D eigenvalue weighted by atomic mass is 16.4. The van der Waals surface area contributed by atoms with Gasteiger partial charge in [-0.25, -0.2) is 0 Å². The number of aliphatic carboxylic acids is 1. The van der Waals surface area contributed by atoms with Crippen molar-refractivity contribution >= 4 is 41.5 Å². The molecule has 0 aliphatic heterocycles. The molecule has 1 rings (SSSR count). The summed E-state index contributed by atoms with van der Waals surface area (Å²) < 4.78 is 0. The Kier molecular flexibility index (Phi) is 17.2. The van der Waals surface area contributed by atoms with Crippen LogP contribution in [0.3, 0.4) is 0 Å². The molecule has 1 aromatic rings. The number of carbonyl (C=O) groups is 6. The van der Waals surface area contributed by atoms with Crippen molar-refractivity contribution in [2.24, 2.45) is 22.9 Å². The van der Waals surface area contributed by atoms with Crippen molar-refractivity contribution in [1.29, 1.82) is 5.41 Å². The van der Waals surface area contributed by atoms with Gasteiger partial charge in [-0.15, -0.1) is 0 Å². The monoisotopic (exact) mass is 634 g/mol. The van der Waals surface area contributed by atoms with Gasteiger partial charge in [-0.3, -0.25) is 34.2 Å². The van der Waals surface area contributed by atoms with Crippen molar-refractivity contribution < 1.29 is 33.9 Å². The number of hydrogen-bond donors (Lipinski definition) is 11. The highest BCUT2D eigenvalue weighted by Gasteiger charge is 2.32. The molecule has 0 radical (unpaired) electrons. The fourth-order valence-electron chi connectivity index (χ4n) is 4.11. The first kappa shape index (κ1) is 38.3. The second kappa shape index (κ2) is 20.2. The van der Waals surface area contributed by atoms with Gasteiger partial charge >= 0.3 is 5.97 Å². The Balaban J connectivity index is 3.20. The van der Waals surface area contributed by atoms with E-state index in [4.69, 9.17) is 28.3 Å². The quantitative estimate of drug-likeness (QED) is 0.0365. The SMILES string of the molecule is C[C@H](NC(=O)[C@H](Cc1ccccc1)NC(=O)[C@H](CCCNC(=N)N)NC(=O)[C@H](CC(N)=O)NC(=O)[C@@H](N)CCCCN)C(=O)O. The lowest BCUT2D eigenvalue weighted by molar-refractivity contribution is -0.141. The molecular formula is C28H46N10O7. The Morgan fingerprint density at radius 2 is 1.38 bits per heavy atom. The first-order chi connectivity index (χ1) is 21.2. The van der Waals surface area contributed by atoms with E-state index in [0.717, 1.165) is 0 Å². The minimum absolute atomic E-state index is 0.000284. The second-order valence-corrected chi connectivity index (χ2v) is 10.5. The molecule has 15 N–H and O–H groups in total. The standard InChI is InChI=1S/C28H46N10O7/c1-16(27(44)45)35-25(42)20(14-17-8-3-2-4-9-17)38-24(41)19(11-7-13-34-28(32)33)36-26(43)21(15-22(31)39)37-23(40)18(30)10-5-6-12-29/h2-4,8-9,16,18-21H,5-7,10-15,29-30H2,1H3,(H2,31,39)(H,35,42)(H,36,43)(H,37,40)(H,38,41)(H,44,45)(H4,32,33,34)/t16-,18-,19-,20-,21-/m0/s1. The lowest BCUT2D eigenvalue weighted by atomic mass is 10.0. The van der Waals surface area contributed by atoms with Gasteiger partial charge in [0.25, 0.3) is 0 Å². The van der Waals surface area contributed by atoms with Gasteiger partial charge in [-0.05, 0) is 44.7 Å². The summed E-state index contributed by atoms with van der Waals surface area (Å²) in [5, 5.41) is 29.0. The van der Waals surface area contributed by atoms with Crippen LogP contribution < -0.4 is 49.5 Å². The molecule has 0 aliphatic carbocycles. The average Bonchev–Trinajstić information content (AvgIpc) is 2.97. The molecule has 17 heteroatoms. The maximum atomic E-state index is 13.5. The Morgan fingerprint density at radius 1 is 0.800 bits per heavy atom. The van der Waals surface area contributed by atoms with Crippen LogP contribution in [0, 0.1) is 5.41 Å². The van der Waals surface area contributed by atoms with E-state index < -0.39 is 72.1 Å². The van der Waals surface area contributed by atoms with E-state index in [1.165, 1.54) is 6.92 Å². The Labute approximate surface area is 261 Å². The molecule has 17 nitrogen and oxygen atoms in total. The third-order valence-corrected chi connectivity index (χ3v) is 6.61. The van der Waals surface area contributed by atoms with Crippen molar-refractivity contribution in [3.8, 4) is 0 Å². The molecule has 250 valence electrons. The molecule has 0 heterocycles. The summed E-state index contributed by atoms with van der Waals surface area (Å²) in [6.45, 7) is 1.85. The first-order valence-corrected chi connectivity index (χ1v) is 14.5. The number of nitrogens with one attached hydrogen (secondary N) is 6. The van der Waals surface area contributed by atoms with Gasteiger partial charge in [0.2, 0.25) is 29.5 Å². The smallest absolute Gasteiger partial charge is 0.325 e. The van der Waals surface area contributed by atoms with Gasteiger partial charge in [0.1, 0.15) is 24.2 Å². The number of amides is 5. The summed E-state index contributed by atoms with van der Waals surface area (Å²) in [5.41, 5.74) is 22.7. The summed E-state index contributed by atoms with van der Waals surface area (Å²) in [6.07, 6.45) is 1.12. The van der Waals surface area contributed by atoms with Crippen molar-refractivity contribution in [1.82, 2.24) is 26.6 Å². The lowest BCUT2D eigenvalue weighted by Crippen LogP contribution is -2.59. The van der Waals surface area contributed by atoms with E-state index >= 15 is 0 Å². The zero-order chi connectivity index (χ0) is 33.9. The number of hydrogen-bond acceptors (Lipinski definition) is 9. The summed E-state index contributed by atoms with van der Waals surface area (Å²) in [6, 6.07) is 2.45. The molecule has 0 unspecified atom stereocenters. The highest BCUT2D eigenvalue weighted by Crippen LogP contribution is 2.07. The van der Waals surface area contributed by atoms with E-state index in [9.17, 15) is 33.9 Å². The van der Waals surface area contributed by atoms with Crippen LogP contribution in [0.1, 0.15) is 51.0 Å². The zero-order valence-electron chi connectivity index (χ0n) is 25.3. The van der Waals surface area contributed by atoms with Gasteiger partial charge in [0.15, 0.2) is 5.96 Å². The maximum absolute atomic E-state index is 13.5. The molecule has 0 aliphatic rings. The van der Waals surface area contributed by atoms with E-state index in [-0.39, 0.29) is 38.2 Å². The van der Waals surface area contributed by atoms with Gasteiger partial charge in [0.05, 0.1) is 12.5 Å². The predicted octanol–water partition coefficient (Wildman–Crippen LogP) is -3.13. The number of rotatable bonds is 21. The van der Waals surface area contributed by atoms with Crippen LogP contribution >= 0.6 is 0 Å². The molecule has 0 aromatic heterocycles. The normalized spacial score (nSPS) is 14.0. The summed E-state index contributed by atoms with van der Waals surface area (Å²) in [7, 11) is 0. The predicted molar refractivity (Wildman–Crippen MR) is 165 cm³/mol. The van der Waals surface area contributed by atoms with Crippen LogP contribution in [0.5, 0.6) is 0 Å². The van der Waals surface area contributed by atoms with Crippen molar-refractivity contribution in [2.75, 3.05) is 13.1 Å². The van der Waals surface area contributed by atoms with E-state index in [1.807, 2.05) is 0 Å². The fraction of sp³-hybridized carbons (Fsp3) is 0.536.